The number of aliphatic hydroxyl groups excluding tert-OH is 1. The standard InChI is InChI=1S/C29H42N2O4/c1-8-9-25(32)19-10-12-22(26(16-19)35-7)21(14-18(2)3)17-27(33)31-24-15-20(28(30)34)11-13-23(24)29(4,5)6/h10-13,15-16,18,21,25,32H,8-9,14,17H2,1-7H3,(H2,30,34)(H,31,33). The van der Waals surface area contributed by atoms with Crippen LogP contribution < -0.4 is 15.8 Å². The highest BCUT2D eigenvalue weighted by Crippen LogP contribution is 2.37. The Morgan fingerprint density at radius 3 is 2.34 bits per heavy atom. The van der Waals surface area contributed by atoms with Crippen LogP contribution in [0.4, 0.5) is 5.69 Å². The number of carbonyl (C=O) groups excluding carboxylic acids is 2. The Morgan fingerprint density at radius 2 is 1.80 bits per heavy atom. The fourth-order valence-corrected chi connectivity index (χ4v) is 4.48. The second-order valence-corrected chi connectivity index (χ2v) is 10.8. The van der Waals surface area contributed by atoms with Crippen molar-refractivity contribution in [2.75, 3.05) is 12.4 Å². The molecule has 2 aromatic carbocycles. The lowest BCUT2D eigenvalue weighted by Crippen LogP contribution is -2.22. The van der Waals surface area contributed by atoms with E-state index in [4.69, 9.17) is 10.5 Å². The predicted molar refractivity (Wildman–Crippen MR) is 142 cm³/mol. The molecule has 192 valence electrons. The van der Waals surface area contributed by atoms with Gasteiger partial charge in [0.15, 0.2) is 0 Å². The third kappa shape index (κ3) is 7.82. The Labute approximate surface area is 210 Å². The monoisotopic (exact) mass is 482 g/mol. The summed E-state index contributed by atoms with van der Waals surface area (Å²) >= 11 is 0. The van der Waals surface area contributed by atoms with Gasteiger partial charge in [0.05, 0.1) is 13.2 Å². The molecule has 2 unspecified atom stereocenters. The van der Waals surface area contributed by atoms with E-state index in [0.717, 1.165) is 29.5 Å². The molecule has 0 fully saturated rings. The number of hydrogen-bond donors (Lipinski definition) is 3. The molecule has 0 aliphatic carbocycles. The molecule has 0 bridgehead atoms. The maximum atomic E-state index is 13.3. The summed E-state index contributed by atoms with van der Waals surface area (Å²) in [6.45, 7) is 12.5. The van der Waals surface area contributed by atoms with Crippen molar-refractivity contribution in [1.29, 1.82) is 0 Å². The molecular weight excluding hydrogens is 440 g/mol. The van der Waals surface area contributed by atoms with Crippen LogP contribution >= 0.6 is 0 Å². The van der Waals surface area contributed by atoms with Gasteiger partial charge >= 0.3 is 0 Å². The third-order valence-electron chi connectivity index (χ3n) is 6.22. The van der Waals surface area contributed by atoms with Crippen LogP contribution in [-0.4, -0.2) is 24.0 Å². The number of ether oxygens (including phenoxy) is 1. The van der Waals surface area contributed by atoms with Crippen molar-refractivity contribution < 1.29 is 19.4 Å². The summed E-state index contributed by atoms with van der Waals surface area (Å²) < 4.78 is 5.69. The molecule has 0 aromatic heterocycles. The van der Waals surface area contributed by atoms with Crippen molar-refractivity contribution in [2.24, 2.45) is 11.7 Å². The van der Waals surface area contributed by atoms with Crippen LogP contribution in [0.25, 0.3) is 0 Å². The molecule has 2 atom stereocenters. The van der Waals surface area contributed by atoms with Gasteiger partial charge in [-0.2, -0.15) is 0 Å². The molecule has 6 heteroatoms. The zero-order chi connectivity index (χ0) is 26.3. The first kappa shape index (κ1) is 28.4. The lowest BCUT2D eigenvalue weighted by molar-refractivity contribution is -0.116. The molecule has 4 N–H and O–H groups in total. The molecule has 6 nitrogen and oxygen atoms in total. The van der Waals surface area contributed by atoms with E-state index in [1.165, 1.54) is 0 Å². The predicted octanol–water partition coefficient (Wildman–Crippen LogP) is 6.08. The average molecular weight is 483 g/mol. The van der Waals surface area contributed by atoms with E-state index in [1.807, 2.05) is 31.2 Å². The summed E-state index contributed by atoms with van der Waals surface area (Å²) in [6, 6.07) is 11.0. The first-order chi connectivity index (χ1) is 16.4. The van der Waals surface area contributed by atoms with Gasteiger partial charge in [-0.15, -0.1) is 0 Å². The summed E-state index contributed by atoms with van der Waals surface area (Å²) in [7, 11) is 1.62. The Bertz CT molecular complexity index is 1020. The van der Waals surface area contributed by atoms with Crippen LogP contribution in [0.2, 0.25) is 0 Å². The average Bonchev–Trinajstić information content (AvgIpc) is 2.77. The van der Waals surface area contributed by atoms with Gasteiger partial charge in [-0.3, -0.25) is 9.59 Å². The van der Waals surface area contributed by atoms with Crippen molar-refractivity contribution in [3.05, 3.63) is 58.7 Å². The zero-order valence-electron chi connectivity index (χ0n) is 22.3. The van der Waals surface area contributed by atoms with Gasteiger partial charge in [0.1, 0.15) is 5.75 Å². The summed E-state index contributed by atoms with van der Waals surface area (Å²) in [4.78, 5) is 25.0. The SMILES string of the molecule is CCCC(O)c1ccc(C(CC(=O)Nc2cc(C(N)=O)ccc2C(C)(C)C)CC(C)C)c(OC)c1. The minimum absolute atomic E-state index is 0.0697. The van der Waals surface area contributed by atoms with E-state index in [9.17, 15) is 14.7 Å². The van der Waals surface area contributed by atoms with Crippen LogP contribution in [-0.2, 0) is 10.2 Å². The number of primary amides is 1. The lowest BCUT2D eigenvalue weighted by Gasteiger charge is -2.25. The topological polar surface area (TPSA) is 102 Å². The largest absolute Gasteiger partial charge is 0.496 e. The van der Waals surface area contributed by atoms with Gasteiger partial charge in [0.25, 0.3) is 0 Å². The summed E-state index contributed by atoms with van der Waals surface area (Å²) in [5.74, 6) is 0.307. The molecule has 0 saturated heterocycles. The highest BCUT2D eigenvalue weighted by Gasteiger charge is 2.25. The fourth-order valence-electron chi connectivity index (χ4n) is 4.48. The third-order valence-corrected chi connectivity index (χ3v) is 6.22. The molecule has 0 aliphatic heterocycles. The van der Waals surface area contributed by atoms with Crippen LogP contribution in [0.3, 0.4) is 0 Å². The van der Waals surface area contributed by atoms with Crippen LogP contribution in [0.15, 0.2) is 36.4 Å². The van der Waals surface area contributed by atoms with Gasteiger partial charge in [-0.25, -0.2) is 0 Å². The molecule has 0 saturated carbocycles. The zero-order valence-corrected chi connectivity index (χ0v) is 22.3. The number of carbonyl (C=O) groups is 2. The Morgan fingerprint density at radius 1 is 1.11 bits per heavy atom. The van der Waals surface area contributed by atoms with Gasteiger partial charge in [-0.05, 0) is 65.0 Å². The summed E-state index contributed by atoms with van der Waals surface area (Å²) in [6.07, 6.45) is 2.09. The molecule has 0 aliphatic rings. The Balaban J connectivity index is 2.37. The van der Waals surface area contributed by atoms with E-state index in [2.05, 4.69) is 39.9 Å². The second kappa shape index (κ2) is 12.2. The molecule has 35 heavy (non-hydrogen) atoms. The molecule has 2 rings (SSSR count). The first-order valence-corrected chi connectivity index (χ1v) is 12.5. The summed E-state index contributed by atoms with van der Waals surface area (Å²) in [5.41, 5.74) is 8.92. The Hall–Kier alpha value is -2.86. The summed E-state index contributed by atoms with van der Waals surface area (Å²) in [5, 5.41) is 13.5. The highest BCUT2D eigenvalue weighted by molar-refractivity contribution is 5.97. The molecule has 2 aromatic rings. The van der Waals surface area contributed by atoms with Crippen molar-refractivity contribution >= 4 is 17.5 Å². The fraction of sp³-hybridized carbons (Fsp3) is 0.517. The molecular formula is C29H42N2O4. The minimum atomic E-state index is -0.539. The smallest absolute Gasteiger partial charge is 0.248 e. The molecule has 0 spiro atoms. The number of methoxy groups -OCH3 is 1. The van der Waals surface area contributed by atoms with Gasteiger partial charge in [0, 0.05) is 17.7 Å². The number of hydrogen-bond acceptors (Lipinski definition) is 4. The number of aliphatic hydroxyl groups is 1. The number of rotatable bonds is 11. The van der Waals surface area contributed by atoms with E-state index in [0.29, 0.717) is 29.3 Å². The van der Waals surface area contributed by atoms with Gasteiger partial charge in [-0.1, -0.05) is 66.2 Å². The number of anilines is 1. The van der Waals surface area contributed by atoms with Crippen molar-refractivity contribution in [1.82, 2.24) is 0 Å². The maximum absolute atomic E-state index is 13.3. The molecule has 0 radical (unpaired) electrons. The van der Waals surface area contributed by atoms with E-state index >= 15 is 0 Å². The quantitative estimate of drug-likeness (QED) is 0.361. The van der Waals surface area contributed by atoms with Crippen molar-refractivity contribution in [3.63, 3.8) is 0 Å². The maximum Gasteiger partial charge on any atom is 0.248 e. The van der Waals surface area contributed by atoms with Crippen LogP contribution in [0, 0.1) is 5.92 Å². The van der Waals surface area contributed by atoms with E-state index in [1.54, 1.807) is 19.2 Å². The lowest BCUT2D eigenvalue weighted by atomic mass is 9.84. The van der Waals surface area contributed by atoms with Gasteiger partial charge < -0.3 is 20.9 Å². The van der Waals surface area contributed by atoms with E-state index < -0.39 is 12.0 Å². The Kier molecular flexibility index (Phi) is 9.90. The molecule has 2 amide bonds. The number of amides is 2. The van der Waals surface area contributed by atoms with Gasteiger partial charge in [0.2, 0.25) is 11.8 Å². The molecule has 0 heterocycles. The van der Waals surface area contributed by atoms with E-state index in [-0.39, 0.29) is 23.7 Å². The van der Waals surface area contributed by atoms with Crippen LogP contribution in [0.1, 0.15) is 106 Å². The number of nitrogens with two attached hydrogens (primary N) is 1. The first-order valence-electron chi connectivity index (χ1n) is 12.5. The minimum Gasteiger partial charge on any atom is -0.496 e. The second-order valence-electron chi connectivity index (χ2n) is 10.8. The van der Waals surface area contributed by atoms with Crippen molar-refractivity contribution in [2.45, 2.75) is 84.7 Å². The number of benzene rings is 2. The van der Waals surface area contributed by atoms with Crippen LogP contribution in [0.5, 0.6) is 5.75 Å². The highest BCUT2D eigenvalue weighted by atomic mass is 16.5. The van der Waals surface area contributed by atoms with Crippen molar-refractivity contribution in [3.8, 4) is 5.75 Å². The number of nitrogens with one attached hydrogen (secondary N) is 1. The normalized spacial score (nSPS) is 13.4.